The van der Waals surface area contributed by atoms with Crippen LogP contribution in [0.25, 0.3) is 11.3 Å². The van der Waals surface area contributed by atoms with Crippen LogP contribution in [-0.2, 0) is 0 Å². The van der Waals surface area contributed by atoms with Gasteiger partial charge in [-0.3, -0.25) is 4.98 Å². The maximum atomic E-state index is 5.43. The van der Waals surface area contributed by atoms with Crippen molar-refractivity contribution in [2.45, 2.75) is 25.7 Å². The molecule has 2 aromatic rings. The molecule has 1 saturated carbocycles. The number of rotatable bonds is 2. The summed E-state index contributed by atoms with van der Waals surface area (Å²) in [7, 11) is 0. The minimum atomic E-state index is 0.567. The SMILES string of the molecule is Cc1ccc(-c2coc(C3CC3)n2)cn1. The molecule has 1 fully saturated rings. The molecule has 0 spiro atoms. The Kier molecular flexibility index (Phi) is 1.84. The quantitative estimate of drug-likeness (QED) is 0.748. The zero-order valence-electron chi connectivity index (χ0n) is 8.60. The molecule has 0 aliphatic heterocycles. The number of hydrogen-bond acceptors (Lipinski definition) is 3. The molecule has 2 aromatic heterocycles. The van der Waals surface area contributed by atoms with Gasteiger partial charge in [0.2, 0.25) is 0 Å². The van der Waals surface area contributed by atoms with Gasteiger partial charge in [-0.15, -0.1) is 0 Å². The molecule has 15 heavy (non-hydrogen) atoms. The van der Waals surface area contributed by atoms with Gasteiger partial charge in [0.05, 0.1) is 0 Å². The molecular weight excluding hydrogens is 188 g/mol. The van der Waals surface area contributed by atoms with Gasteiger partial charge >= 0.3 is 0 Å². The Morgan fingerprint density at radius 3 is 2.87 bits per heavy atom. The summed E-state index contributed by atoms with van der Waals surface area (Å²) < 4.78 is 5.43. The van der Waals surface area contributed by atoms with Crippen molar-refractivity contribution < 1.29 is 4.42 Å². The van der Waals surface area contributed by atoms with E-state index >= 15 is 0 Å². The number of aryl methyl sites for hydroxylation is 1. The molecule has 0 bridgehead atoms. The van der Waals surface area contributed by atoms with Crippen LogP contribution in [0.1, 0.15) is 30.3 Å². The predicted octanol–water partition coefficient (Wildman–Crippen LogP) is 2.92. The van der Waals surface area contributed by atoms with Crippen LogP contribution in [0.4, 0.5) is 0 Å². The van der Waals surface area contributed by atoms with Crippen LogP contribution in [0.15, 0.2) is 29.0 Å². The number of nitrogens with zero attached hydrogens (tertiary/aromatic N) is 2. The number of aromatic nitrogens is 2. The lowest BCUT2D eigenvalue weighted by Crippen LogP contribution is -1.84. The van der Waals surface area contributed by atoms with Crippen LogP contribution in [0.3, 0.4) is 0 Å². The standard InChI is InChI=1S/C12H12N2O/c1-8-2-3-10(6-13-8)11-7-15-12(14-11)9-4-5-9/h2-3,6-7,9H,4-5H2,1H3. The zero-order chi connectivity index (χ0) is 10.3. The Morgan fingerprint density at radius 2 is 2.20 bits per heavy atom. The molecule has 0 aromatic carbocycles. The fourth-order valence-corrected chi connectivity index (χ4v) is 1.56. The summed E-state index contributed by atoms with van der Waals surface area (Å²) in [5, 5.41) is 0. The molecule has 0 atom stereocenters. The molecule has 2 heterocycles. The monoisotopic (exact) mass is 200 g/mol. The van der Waals surface area contributed by atoms with E-state index in [1.165, 1.54) is 12.8 Å². The second-order valence-corrected chi connectivity index (χ2v) is 4.03. The lowest BCUT2D eigenvalue weighted by atomic mass is 10.2. The van der Waals surface area contributed by atoms with E-state index < -0.39 is 0 Å². The first-order chi connectivity index (χ1) is 7.33. The Balaban J connectivity index is 1.93. The Bertz CT molecular complexity index is 469. The van der Waals surface area contributed by atoms with Gasteiger partial charge in [0.25, 0.3) is 0 Å². The highest BCUT2D eigenvalue weighted by Crippen LogP contribution is 2.40. The van der Waals surface area contributed by atoms with Crippen LogP contribution < -0.4 is 0 Å². The van der Waals surface area contributed by atoms with E-state index in [1.807, 2.05) is 25.3 Å². The maximum Gasteiger partial charge on any atom is 0.197 e. The molecule has 76 valence electrons. The third-order valence-electron chi connectivity index (χ3n) is 2.66. The van der Waals surface area contributed by atoms with Crippen molar-refractivity contribution in [1.82, 2.24) is 9.97 Å². The first kappa shape index (κ1) is 8.65. The summed E-state index contributed by atoms with van der Waals surface area (Å²) in [5.74, 6) is 1.45. The molecule has 3 nitrogen and oxygen atoms in total. The molecule has 0 saturated heterocycles. The van der Waals surface area contributed by atoms with Crippen molar-refractivity contribution >= 4 is 0 Å². The van der Waals surface area contributed by atoms with Crippen molar-refractivity contribution in [3.8, 4) is 11.3 Å². The molecule has 0 amide bonds. The molecule has 1 aliphatic carbocycles. The van der Waals surface area contributed by atoms with Crippen molar-refractivity contribution in [2.24, 2.45) is 0 Å². The summed E-state index contributed by atoms with van der Waals surface area (Å²) in [5.41, 5.74) is 2.94. The van der Waals surface area contributed by atoms with Gasteiger partial charge in [-0.05, 0) is 31.9 Å². The van der Waals surface area contributed by atoms with Gasteiger partial charge in [-0.25, -0.2) is 4.98 Å². The maximum absolute atomic E-state index is 5.43. The molecule has 3 heteroatoms. The van der Waals surface area contributed by atoms with E-state index in [-0.39, 0.29) is 0 Å². The zero-order valence-corrected chi connectivity index (χ0v) is 8.60. The topological polar surface area (TPSA) is 38.9 Å². The summed E-state index contributed by atoms with van der Waals surface area (Å²) in [4.78, 5) is 8.71. The van der Waals surface area contributed by atoms with Crippen molar-refractivity contribution in [3.05, 3.63) is 36.2 Å². The van der Waals surface area contributed by atoms with E-state index in [1.54, 1.807) is 6.26 Å². The van der Waals surface area contributed by atoms with Crippen molar-refractivity contribution in [2.75, 3.05) is 0 Å². The van der Waals surface area contributed by atoms with E-state index in [9.17, 15) is 0 Å². The number of hydrogen-bond donors (Lipinski definition) is 0. The summed E-state index contributed by atoms with van der Waals surface area (Å²) in [6.07, 6.45) is 5.99. The van der Waals surface area contributed by atoms with Crippen molar-refractivity contribution in [1.29, 1.82) is 0 Å². The number of pyridine rings is 1. The molecular formula is C12H12N2O. The Morgan fingerprint density at radius 1 is 1.33 bits per heavy atom. The van der Waals surface area contributed by atoms with E-state index in [2.05, 4.69) is 9.97 Å². The predicted molar refractivity (Wildman–Crippen MR) is 56.4 cm³/mol. The minimum Gasteiger partial charge on any atom is -0.448 e. The first-order valence-corrected chi connectivity index (χ1v) is 5.21. The third-order valence-corrected chi connectivity index (χ3v) is 2.66. The van der Waals surface area contributed by atoms with E-state index in [4.69, 9.17) is 4.42 Å². The fourth-order valence-electron chi connectivity index (χ4n) is 1.56. The van der Waals surface area contributed by atoms with E-state index in [0.29, 0.717) is 5.92 Å². The second-order valence-electron chi connectivity index (χ2n) is 4.03. The molecule has 1 aliphatic rings. The van der Waals surface area contributed by atoms with Gasteiger partial charge in [0.1, 0.15) is 12.0 Å². The van der Waals surface area contributed by atoms with Gasteiger partial charge in [0.15, 0.2) is 5.89 Å². The van der Waals surface area contributed by atoms with Crippen LogP contribution >= 0.6 is 0 Å². The minimum absolute atomic E-state index is 0.567. The summed E-state index contributed by atoms with van der Waals surface area (Å²) >= 11 is 0. The Hall–Kier alpha value is -1.64. The van der Waals surface area contributed by atoms with E-state index in [0.717, 1.165) is 22.8 Å². The van der Waals surface area contributed by atoms with Crippen LogP contribution in [0, 0.1) is 6.92 Å². The normalized spacial score (nSPS) is 15.5. The van der Waals surface area contributed by atoms with Crippen molar-refractivity contribution in [3.63, 3.8) is 0 Å². The lowest BCUT2D eigenvalue weighted by Gasteiger charge is -1.94. The smallest absolute Gasteiger partial charge is 0.197 e. The summed E-state index contributed by atoms with van der Waals surface area (Å²) in [6, 6.07) is 4.01. The molecule has 3 rings (SSSR count). The highest BCUT2D eigenvalue weighted by atomic mass is 16.3. The van der Waals surface area contributed by atoms with Crippen LogP contribution in [0.2, 0.25) is 0 Å². The molecule has 0 N–H and O–H groups in total. The lowest BCUT2D eigenvalue weighted by molar-refractivity contribution is 0.497. The average Bonchev–Trinajstić information content (AvgIpc) is 2.99. The highest BCUT2D eigenvalue weighted by molar-refractivity contribution is 5.56. The first-order valence-electron chi connectivity index (χ1n) is 5.21. The fraction of sp³-hybridized carbons (Fsp3) is 0.333. The third kappa shape index (κ3) is 1.65. The Labute approximate surface area is 88.2 Å². The highest BCUT2D eigenvalue weighted by Gasteiger charge is 2.28. The molecule has 0 radical (unpaired) electrons. The molecule has 0 unspecified atom stereocenters. The van der Waals surface area contributed by atoms with Gasteiger partial charge in [-0.1, -0.05) is 0 Å². The number of oxazole rings is 1. The van der Waals surface area contributed by atoms with Gasteiger partial charge in [0, 0.05) is 23.4 Å². The largest absolute Gasteiger partial charge is 0.448 e. The van der Waals surface area contributed by atoms with Gasteiger partial charge < -0.3 is 4.42 Å². The van der Waals surface area contributed by atoms with Crippen LogP contribution in [0.5, 0.6) is 0 Å². The second kappa shape index (κ2) is 3.19. The van der Waals surface area contributed by atoms with Gasteiger partial charge in [-0.2, -0.15) is 0 Å². The van der Waals surface area contributed by atoms with Crippen LogP contribution in [-0.4, -0.2) is 9.97 Å². The average molecular weight is 200 g/mol. The summed E-state index contributed by atoms with van der Waals surface area (Å²) in [6.45, 7) is 1.97.